The van der Waals surface area contributed by atoms with Gasteiger partial charge in [-0.25, -0.2) is 0 Å². The van der Waals surface area contributed by atoms with Gasteiger partial charge in [0.05, 0.1) is 0 Å². The number of carboxylic acid groups (broad SMARTS) is 1. The van der Waals surface area contributed by atoms with Crippen LogP contribution in [0.2, 0.25) is 10.0 Å². The Kier molecular flexibility index (Phi) is 5.55. The molecule has 0 saturated carbocycles. The predicted molar refractivity (Wildman–Crippen MR) is 106 cm³/mol. The van der Waals surface area contributed by atoms with Gasteiger partial charge in [0.15, 0.2) is 0 Å². The zero-order valence-electron chi connectivity index (χ0n) is 15.0. The van der Waals surface area contributed by atoms with Gasteiger partial charge in [-0.2, -0.15) is 0 Å². The van der Waals surface area contributed by atoms with Crippen LogP contribution in [0, 0.1) is 0 Å². The zero-order valence-corrected chi connectivity index (χ0v) is 16.5. The van der Waals surface area contributed by atoms with Gasteiger partial charge in [0.1, 0.15) is 5.41 Å². The fraction of sp³-hybridized carbons (Fsp3) is 0.316. The molecule has 0 aliphatic heterocycles. The van der Waals surface area contributed by atoms with Crippen LogP contribution in [-0.4, -0.2) is 39.3 Å². The smallest absolute Gasteiger partial charge is 0.318 e. The van der Waals surface area contributed by atoms with Gasteiger partial charge in [0.25, 0.3) is 0 Å². The first-order valence-electron chi connectivity index (χ1n) is 7.77. The topological polar surface area (TPSA) is 43.8 Å². The first-order valence-corrected chi connectivity index (χ1v) is 8.52. The monoisotopic (exact) mass is 380 g/mol. The quantitative estimate of drug-likeness (QED) is 0.827. The van der Waals surface area contributed by atoms with Gasteiger partial charge in [-0.15, -0.1) is 0 Å². The van der Waals surface area contributed by atoms with Crippen LogP contribution in [0.25, 0.3) is 0 Å². The Morgan fingerprint density at radius 2 is 1.24 bits per heavy atom. The summed E-state index contributed by atoms with van der Waals surface area (Å²) in [6, 6.07) is 10.7. The summed E-state index contributed by atoms with van der Waals surface area (Å²) in [5.41, 5.74) is 1.45. The Balaban J connectivity index is 2.66. The lowest BCUT2D eigenvalue weighted by molar-refractivity contribution is -0.141. The third kappa shape index (κ3) is 3.55. The maximum absolute atomic E-state index is 12.2. The molecular weight excluding hydrogens is 359 g/mol. The van der Waals surface area contributed by atoms with Crippen LogP contribution in [-0.2, 0) is 10.2 Å². The van der Waals surface area contributed by atoms with E-state index in [0.29, 0.717) is 21.2 Å². The summed E-state index contributed by atoms with van der Waals surface area (Å²) in [5.74, 6) is -1.01. The SMILES string of the molecule is CN(C)c1ccc(C(C)(C(=O)O)c2ccc(N(C)C)cc2Cl)c(Cl)c1. The van der Waals surface area contributed by atoms with E-state index in [1.807, 2.05) is 50.1 Å². The van der Waals surface area contributed by atoms with Gasteiger partial charge < -0.3 is 14.9 Å². The van der Waals surface area contributed by atoms with Gasteiger partial charge in [-0.3, -0.25) is 4.79 Å². The minimum atomic E-state index is -1.36. The highest BCUT2D eigenvalue weighted by Gasteiger charge is 2.40. The van der Waals surface area contributed by atoms with Crippen molar-refractivity contribution in [3.05, 3.63) is 57.6 Å². The van der Waals surface area contributed by atoms with Gasteiger partial charge >= 0.3 is 5.97 Å². The maximum Gasteiger partial charge on any atom is 0.318 e. The molecule has 0 radical (unpaired) electrons. The van der Waals surface area contributed by atoms with Crippen molar-refractivity contribution in [1.82, 2.24) is 0 Å². The summed E-state index contributed by atoms with van der Waals surface area (Å²) >= 11 is 12.9. The number of rotatable bonds is 5. The largest absolute Gasteiger partial charge is 0.480 e. The fourth-order valence-electron chi connectivity index (χ4n) is 2.75. The summed E-state index contributed by atoms with van der Waals surface area (Å²) in [6.07, 6.45) is 0. The molecule has 0 fully saturated rings. The first-order chi connectivity index (χ1) is 11.6. The van der Waals surface area contributed by atoms with Crippen molar-refractivity contribution in [2.75, 3.05) is 38.0 Å². The number of anilines is 2. The molecule has 0 unspecified atom stereocenters. The molecule has 2 rings (SSSR count). The second-order valence-corrected chi connectivity index (χ2v) is 7.36. The molecule has 25 heavy (non-hydrogen) atoms. The second-order valence-electron chi connectivity index (χ2n) is 6.55. The molecule has 6 heteroatoms. The number of hydrogen-bond donors (Lipinski definition) is 1. The fourth-order valence-corrected chi connectivity index (χ4v) is 3.48. The molecule has 4 nitrogen and oxygen atoms in total. The van der Waals surface area contributed by atoms with E-state index < -0.39 is 11.4 Å². The van der Waals surface area contributed by atoms with E-state index in [9.17, 15) is 9.90 Å². The summed E-state index contributed by atoms with van der Waals surface area (Å²) in [5, 5.41) is 10.8. The van der Waals surface area contributed by atoms with Gasteiger partial charge in [0.2, 0.25) is 0 Å². The maximum atomic E-state index is 12.2. The van der Waals surface area contributed by atoms with Crippen molar-refractivity contribution in [3.63, 3.8) is 0 Å². The van der Waals surface area contributed by atoms with Gasteiger partial charge in [0, 0.05) is 49.6 Å². The second kappa shape index (κ2) is 7.14. The summed E-state index contributed by atoms with van der Waals surface area (Å²) in [4.78, 5) is 16.0. The number of carbonyl (C=O) groups is 1. The molecule has 0 atom stereocenters. The lowest BCUT2D eigenvalue weighted by Gasteiger charge is -2.29. The minimum absolute atomic E-state index is 0.392. The van der Waals surface area contributed by atoms with Crippen LogP contribution in [0.1, 0.15) is 18.1 Å². The number of nitrogens with zero attached hydrogens (tertiary/aromatic N) is 2. The van der Waals surface area contributed by atoms with E-state index in [2.05, 4.69) is 0 Å². The van der Waals surface area contributed by atoms with E-state index in [-0.39, 0.29) is 0 Å². The van der Waals surface area contributed by atoms with Crippen LogP contribution in [0.4, 0.5) is 11.4 Å². The zero-order chi connectivity index (χ0) is 18.9. The number of aliphatic carboxylic acids is 1. The number of carboxylic acids is 1. The molecule has 1 N–H and O–H groups in total. The highest BCUT2D eigenvalue weighted by atomic mass is 35.5. The standard InChI is InChI=1S/C19H22Cl2N2O2/c1-19(18(24)25,14-8-6-12(22(2)3)10-16(14)20)15-9-7-13(23(4)5)11-17(15)21/h6-11H,1-5H3,(H,24,25). The normalized spacial score (nSPS) is 11.3. The Morgan fingerprint density at radius 1 is 0.880 bits per heavy atom. The van der Waals surface area contributed by atoms with Crippen LogP contribution >= 0.6 is 23.2 Å². The Hall–Kier alpha value is -1.91. The van der Waals surface area contributed by atoms with Crippen molar-refractivity contribution in [2.45, 2.75) is 12.3 Å². The highest BCUT2D eigenvalue weighted by molar-refractivity contribution is 6.33. The van der Waals surface area contributed by atoms with Crippen LogP contribution in [0.5, 0.6) is 0 Å². The van der Waals surface area contributed by atoms with Crippen LogP contribution < -0.4 is 9.80 Å². The summed E-state index contributed by atoms with van der Waals surface area (Å²) < 4.78 is 0. The molecular formula is C19H22Cl2N2O2. The van der Waals surface area contributed by atoms with Crippen LogP contribution in [0.15, 0.2) is 36.4 Å². The molecule has 0 saturated heterocycles. The van der Waals surface area contributed by atoms with Crippen molar-refractivity contribution in [1.29, 1.82) is 0 Å². The molecule has 0 aliphatic carbocycles. The molecule has 0 amide bonds. The lowest BCUT2D eigenvalue weighted by atomic mass is 9.76. The first kappa shape index (κ1) is 19.4. The van der Waals surface area contributed by atoms with E-state index in [1.165, 1.54) is 0 Å². The van der Waals surface area contributed by atoms with E-state index in [1.54, 1.807) is 31.2 Å². The molecule has 0 aliphatic rings. The predicted octanol–water partition coefficient (Wildman–Crippen LogP) is 4.52. The van der Waals surface area contributed by atoms with Gasteiger partial charge in [-0.05, 0) is 42.3 Å². The minimum Gasteiger partial charge on any atom is -0.480 e. The summed E-state index contributed by atoms with van der Waals surface area (Å²) in [7, 11) is 7.61. The van der Waals surface area contributed by atoms with E-state index >= 15 is 0 Å². The molecule has 134 valence electrons. The molecule has 2 aromatic carbocycles. The molecule has 2 aromatic rings. The van der Waals surface area contributed by atoms with Crippen molar-refractivity contribution in [3.8, 4) is 0 Å². The average molecular weight is 381 g/mol. The molecule has 0 bridgehead atoms. The van der Waals surface area contributed by atoms with E-state index in [0.717, 1.165) is 11.4 Å². The average Bonchev–Trinajstić information content (AvgIpc) is 2.53. The molecule has 0 spiro atoms. The molecule has 0 aromatic heterocycles. The number of hydrogen-bond acceptors (Lipinski definition) is 3. The van der Waals surface area contributed by atoms with Crippen LogP contribution in [0.3, 0.4) is 0 Å². The van der Waals surface area contributed by atoms with Gasteiger partial charge in [-0.1, -0.05) is 35.3 Å². The number of halogens is 2. The Morgan fingerprint density at radius 3 is 1.48 bits per heavy atom. The van der Waals surface area contributed by atoms with Crippen molar-refractivity contribution >= 4 is 40.5 Å². The Bertz CT molecular complexity index is 747. The molecule has 0 heterocycles. The number of benzene rings is 2. The third-order valence-corrected chi connectivity index (χ3v) is 5.07. The third-order valence-electron chi connectivity index (χ3n) is 4.44. The lowest BCUT2D eigenvalue weighted by Crippen LogP contribution is -2.34. The van der Waals surface area contributed by atoms with Crippen molar-refractivity contribution in [2.24, 2.45) is 0 Å². The van der Waals surface area contributed by atoms with E-state index in [4.69, 9.17) is 23.2 Å². The summed E-state index contributed by atoms with van der Waals surface area (Å²) in [6.45, 7) is 1.63. The van der Waals surface area contributed by atoms with Crippen molar-refractivity contribution < 1.29 is 9.90 Å². The Labute approximate surface area is 158 Å². The highest BCUT2D eigenvalue weighted by Crippen LogP contribution is 2.41.